The Bertz CT molecular complexity index is 754. The van der Waals surface area contributed by atoms with Crippen molar-refractivity contribution in [3.63, 3.8) is 0 Å². The molecule has 1 aromatic heterocycles. The highest BCUT2D eigenvalue weighted by molar-refractivity contribution is 7.11. The third-order valence-corrected chi connectivity index (χ3v) is 3.52. The van der Waals surface area contributed by atoms with Crippen molar-refractivity contribution >= 4 is 17.0 Å². The van der Waals surface area contributed by atoms with Gasteiger partial charge in [-0.05, 0) is 12.1 Å². The van der Waals surface area contributed by atoms with Gasteiger partial charge >= 0.3 is 0 Å². The molecular formula is C15H10N2O3S. The minimum atomic E-state index is -0.444. The van der Waals surface area contributed by atoms with Gasteiger partial charge in [0.2, 0.25) is 0 Å². The van der Waals surface area contributed by atoms with Crippen molar-refractivity contribution in [3.8, 4) is 22.2 Å². The van der Waals surface area contributed by atoms with Gasteiger partial charge in [0.15, 0.2) is 0 Å². The summed E-state index contributed by atoms with van der Waals surface area (Å²) in [6.45, 7) is 0. The third-order valence-electron chi connectivity index (χ3n) is 2.81. The zero-order chi connectivity index (χ0) is 14.7. The van der Waals surface area contributed by atoms with Gasteiger partial charge in [-0.3, -0.25) is 10.1 Å². The fraction of sp³-hybridized carbons (Fsp3) is 0. The second kappa shape index (κ2) is 5.72. The van der Waals surface area contributed by atoms with Crippen molar-refractivity contribution in [1.29, 1.82) is 0 Å². The minimum Gasteiger partial charge on any atom is -0.431 e. The van der Waals surface area contributed by atoms with E-state index in [1.54, 1.807) is 12.1 Å². The molecule has 0 amide bonds. The molecule has 0 saturated heterocycles. The standard InChI is InChI=1S/C15H10N2O3S/c18-17(19)12-6-8-13(9-7-12)20-15-16-14(10-21-15)11-4-2-1-3-5-11/h1-10H. The molecule has 1 heterocycles. The highest BCUT2D eigenvalue weighted by atomic mass is 32.1. The number of nitrogens with zero attached hydrogens (tertiary/aromatic N) is 2. The van der Waals surface area contributed by atoms with Crippen LogP contribution in [0.4, 0.5) is 5.69 Å². The Balaban J connectivity index is 1.77. The van der Waals surface area contributed by atoms with Crippen LogP contribution in [0.2, 0.25) is 0 Å². The van der Waals surface area contributed by atoms with E-state index < -0.39 is 4.92 Å². The number of nitro benzene ring substituents is 1. The predicted octanol–water partition coefficient (Wildman–Crippen LogP) is 4.51. The Kier molecular flexibility index (Phi) is 3.61. The molecule has 0 radical (unpaired) electrons. The fourth-order valence-electron chi connectivity index (χ4n) is 1.78. The van der Waals surface area contributed by atoms with E-state index in [1.165, 1.54) is 23.5 Å². The van der Waals surface area contributed by atoms with E-state index >= 15 is 0 Å². The largest absolute Gasteiger partial charge is 0.431 e. The summed E-state index contributed by atoms with van der Waals surface area (Å²) < 4.78 is 5.60. The van der Waals surface area contributed by atoms with Crippen LogP contribution in [0.15, 0.2) is 60.0 Å². The van der Waals surface area contributed by atoms with Crippen molar-refractivity contribution in [2.45, 2.75) is 0 Å². The van der Waals surface area contributed by atoms with Crippen LogP contribution in [0.5, 0.6) is 10.9 Å². The quantitative estimate of drug-likeness (QED) is 0.525. The van der Waals surface area contributed by atoms with Gasteiger partial charge in [0, 0.05) is 23.1 Å². The molecule has 0 fully saturated rings. The Morgan fingerprint density at radius 3 is 2.43 bits per heavy atom. The van der Waals surface area contributed by atoms with Gasteiger partial charge in [0.05, 0.1) is 10.6 Å². The lowest BCUT2D eigenvalue weighted by atomic mass is 10.2. The van der Waals surface area contributed by atoms with Crippen molar-refractivity contribution in [2.24, 2.45) is 0 Å². The van der Waals surface area contributed by atoms with E-state index in [9.17, 15) is 10.1 Å². The number of hydrogen-bond acceptors (Lipinski definition) is 5. The van der Waals surface area contributed by atoms with E-state index in [1.807, 2.05) is 35.7 Å². The average molecular weight is 298 g/mol. The van der Waals surface area contributed by atoms with Crippen molar-refractivity contribution in [3.05, 3.63) is 70.1 Å². The van der Waals surface area contributed by atoms with Gasteiger partial charge in [0.25, 0.3) is 10.9 Å². The van der Waals surface area contributed by atoms with Gasteiger partial charge in [-0.1, -0.05) is 41.7 Å². The van der Waals surface area contributed by atoms with Crippen LogP contribution >= 0.6 is 11.3 Å². The summed E-state index contributed by atoms with van der Waals surface area (Å²) in [5.74, 6) is 0.523. The first-order valence-electron chi connectivity index (χ1n) is 6.15. The summed E-state index contributed by atoms with van der Waals surface area (Å²) in [5.41, 5.74) is 1.90. The lowest BCUT2D eigenvalue weighted by Crippen LogP contribution is -1.88. The number of ether oxygens (including phenoxy) is 1. The molecule has 0 N–H and O–H groups in total. The van der Waals surface area contributed by atoms with Crippen LogP contribution in [-0.4, -0.2) is 9.91 Å². The van der Waals surface area contributed by atoms with Crippen LogP contribution in [0.1, 0.15) is 0 Å². The normalized spacial score (nSPS) is 10.3. The molecule has 0 aliphatic carbocycles. The van der Waals surface area contributed by atoms with Gasteiger partial charge in [-0.25, -0.2) is 4.98 Å². The molecule has 0 spiro atoms. The molecule has 21 heavy (non-hydrogen) atoms. The van der Waals surface area contributed by atoms with Gasteiger partial charge in [-0.15, -0.1) is 0 Å². The van der Waals surface area contributed by atoms with Gasteiger partial charge < -0.3 is 4.74 Å². The maximum atomic E-state index is 10.6. The molecule has 0 atom stereocenters. The predicted molar refractivity (Wildman–Crippen MR) is 80.7 cm³/mol. The maximum absolute atomic E-state index is 10.6. The number of thiazole rings is 1. The Labute approximate surface area is 124 Å². The molecule has 0 aliphatic rings. The third kappa shape index (κ3) is 3.06. The summed E-state index contributed by atoms with van der Waals surface area (Å²) in [7, 11) is 0. The molecule has 3 aromatic rings. The second-order valence-electron chi connectivity index (χ2n) is 4.22. The monoisotopic (exact) mass is 298 g/mol. The molecule has 5 nitrogen and oxygen atoms in total. The van der Waals surface area contributed by atoms with Crippen LogP contribution in [0, 0.1) is 10.1 Å². The zero-order valence-electron chi connectivity index (χ0n) is 10.8. The van der Waals surface area contributed by atoms with Crippen molar-refractivity contribution in [2.75, 3.05) is 0 Å². The highest BCUT2D eigenvalue weighted by Crippen LogP contribution is 2.30. The van der Waals surface area contributed by atoms with E-state index in [2.05, 4.69) is 4.98 Å². The van der Waals surface area contributed by atoms with E-state index in [0.717, 1.165) is 11.3 Å². The summed E-state index contributed by atoms with van der Waals surface area (Å²) in [4.78, 5) is 14.5. The molecule has 0 unspecified atom stereocenters. The van der Waals surface area contributed by atoms with E-state index in [4.69, 9.17) is 4.74 Å². The molecule has 2 aromatic carbocycles. The first-order chi connectivity index (χ1) is 10.2. The van der Waals surface area contributed by atoms with Crippen LogP contribution in [0.25, 0.3) is 11.3 Å². The fourth-order valence-corrected chi connectivity index (χ4v) is 2.48. The number of benzene rings is 2. The molecule has 6 heteroatoms. The topological polar surface area (TPSA) is 65.3 Å². The Hall–Kier alpha value is -2.73. The average Bonchev–Trinajstić information content (AvgIpc) is 2.97. The maximum Gasteiger partial charge on any atom is 0.279 e. The van der Waals surface area contributed by atoms with E-state index in [-0.39, 0.29) is 5.69 Å². The number of aromatic nitrogens is 1. The summed E-state index contributed by atoms with van der Waals surface area (Å²) in [5, 5.41) is 13.0. The van der Waals surface area contributed by atoms with Gasteiger partial charge in [0.1, 0.15) is 5.75 Å². The van der Waals surface area contributed by atoms with Crippen LogP contribution in [-0.2, 0) is 0 Å². The van der Waals surface area contributed by atoms with Crippen LogP contribution < -0.4 is 4.74 Å². The lowest BCUT2D eigenvalue weighted by Gasteiger charge is -2.00. The summed E-state index contributed by atoms with van der Waals surface area (Å²) in [6.07, 6.45) is 0. The smallest absolute Gasteiger partial charge is 0.279 e. The molecule has 3 rings (SSSR count). The SMILES string of the molecule is O=[N+]([O-])c1ccc(Oc2nc(-c3ccccc3)cs2)cc1. The lowest BCUT2D eigenvalue weighted by molar-refractivity contribution is -0.384. The summed E-state index contributed by atoms with van der Waals surface area (Å²) >= 11 is 1.38. The number of nitro groups is 1. The molecular weight excluding hydrogens is 288 g/mol. The van der Waals surface area contributed by atoms with Crippen LogP contribution in [0.3, 0.4) is 0 Å². The highest BCUT2D eigenvalue weighted by Gasteiger charge is 2.08. The first kappa shape index (κ1) is 13.3. The van der Waals surface area contributed by atoms with E-state index in [0.29, 0.717) is 10.9 Å². The molecule has 0 saturated carbocycles. The first-order valence-corrected chi connectivity index (χ1v) is 7.03. The van der Waals surface area contributed by atoms with Crippen molar-refractivity contribution < 1.29 is 9.66 Å². The summed E-state index contributed by atoms with van der Waals surface area (Å²) in [6, 6.07) is 15.7. The van der Waals surface area contributed by atoms with Crippen molar-refractivity contribution in [1.82, 2.24) is 4.98 Å². The molecule has 0 aliphatic heterocycles. The Morgan fingerprint density at radius 2 is 1.76 bits per heavy atom. The second-order valence-corrected chi connectivity index (χ2v) is 5.04. The molecule has 104 valence electrons. The number of non-ortho nitro benzene ring substituents is 1. The van der Waals surface area contributed by atoms with Gasteiger partial charge in [-0.2, -0.15) is 0 Å². The minimum absolute atomic E-state index is 0.0338. The molecule has 0 bridgehead atoms. The zero-order valence-corrected chi connectivity index (χ0v) is 11.6. The Morgan fingerprint density at radius 1 is 1.05 bits per heavy atom. The number of rotatable bonds is 4. The number of hydrogen-bond donors (Lipinski definition) is 0.